The van der Waals surface area contributed by atoms with Crippen LogP contribution in [0.2, 0.25) is 0 Å². The van der Waals surface area contributed by atoms with Crippen molar-refractivity contribution in [1.82, 2.24) is 4.73 Å². The van der Waals surface area contributed by atoms with Crippen LogP contribution in [-0.4, -0.2) is 16.0 Å². The molecule has 1 aromatic carbocycles. The van der Waals surface area contributed by atoms with E-state index in [1.54, 1.807) is 24.3 Å². The van der Waals surface area contributed by atoms with Crippen molar-refractivity contribution in [1.29, 1.82) is 0 Å². The van der Waals surface area contributed by atoms with Gasteiger partial charge >= 0.3 is 6.03 Å². The van der Waals surface area contributed by atoms with Gasteiger partial charge in [0, 0.05) is 12.4 Å². The standard InChI is InChI=1S/C12H12N4O2/c13-10-3-1-2-4-11(10)15-12(17)14-9-5-7-16(18)8-6-9/h1-8,18H,13H2,(H,15,17). The molecule has 0 aliphatic heterocycles. The fourth-order valence-electron chi connectivity index (χ4n) is 1.36. The molecule has 0 aliphatic carbocycles. The largest absolute Gasteiger partial charge is 0.429 e. The number of anilines is 2. The summed E-state index contributed by atoms with van der Waals surface area (Å²) < 4.78 is 0.867. The third-order valence-electron chi connectivity index (χ3n) is 2.23. The normalized spacial score (nSPS) is 9.78. The molecule has 0 unspecified atom stereocenters. The monoisotopic (exact) mass is 244 g/mol. The molecule has 0 radical (unpaired) electrons. The van der Waals surface area contributed by atoms with E-state index >= 15 is 0 Å². The second kappa shape index (κ2) is 5.05. The Bertz CT molecular complexity index is 613. The number of carbonyl (C=O) groups excluding carboxylic acids is 1. The number of nitrogens with zero attached hydrogens (tertiary/aromatic N) is 2. The number of hydrogen-bond acceptors (Lipinski definition) is 3. The van der Waals surface area contributed by atoms with Crippen LogP contribution in [0.5, 0.6) is 0 Å². The first-order valence-corrected chi connectivity index (χ1v) is 5.23. The fraction of sp³-hybridized carbons (Fsp3) is 0. The van der Waals surface area contributed by atoms with Crippen LogP contribution in [0.1, 0.15) is 0 Å². The average molecular weight is 244 g/mol. The van der Waals surface area contributed by atoms with Crippen molar-refractivity contribution in [2.45, 2.75) is 0 Å². The third kappa shape index (κ3) is 2.88. The number of hydrogen-bond donors (Lipinski definition) is 3. The Hall–Kier alpha value is -2.76. The zero-order valence-corrected chi connectivity index (χ0v) is 9.45. The number of rotatable bonds is 1. The number of urea groups is 1. The van der Waals surface area contributed by atoms with Crippen molar-refractivity contribution < 1.29 is 10.0 Å². The van der Waals surface area contributed by atoms with Gasteiger partial charge in [-0.15, -0.1) is 0 Å². The molecule has 0 atom stereocenters. The minimum atomic E-state index is -0.524. The van der Waals surface area contributed by atoms with Crippen molar-refractivity contribution in [3.8, 4) is 0 Å². The second-order valence-electron chi connectivity index (χ2n) is 3.57. The minimum Gasteiger partial charge on any atom is -0.429 e. The number of nitrogen functional groups attached to an aromatic ring is 1. The number of para-hydroxylation sites is 2. The van der Waals surface area contributed by atoms with Gasteiger partial charge in [-0.1, -0.05) is 12.1 Å². The molecule has 0 bridgehead atoms. The summed E-state index contributed by atoms with van der Waals surface area (Å²) in [5.41, 5.74) is 6.68. The van der Waals surface area contributed by atoms with Gasteiger partial charge in [0.05, 0.1) is 16.7 Å². The van der Waals surface area contributed by atoms with Crippen molar-refractivity contribution >= 4 is 17.4 Å². The van der Waals surface area contributed by atoms with Gasteiger partial charge in [-0.2, -0.15) is 4.99 Å². The van der Waals surface area contributed by atoms with Crippen LogP contribution in [-0.2, 0) is 0 Å². The molecule has 92 valence electrons. The topological polar surface area (TPSA) is 92.6 Å². The van der Waals surface area contributed by atoms with E-state index in [1.165, 1.54) is 24.5 Å². The molecule has 0 aliphatic rings. The first-order valence-electron chi connectivity index (χ1n) is 5.23. The molecule has 0 spiro atoms. The summed E-state index contributed by atoms with van der Waals surface area (Å²) in [6.45, 7) is 0. The molecule has 0 fully saturated rings. The fourth-order valence-corrected chi connectivity index (χ4v) is 1.36. The summed E-state index contributed by atoms with van der Waals surface area (Å²) in [5.74, 6) is 0. The van der Waals surface area contributed by atoms with Crippen LogP contribution >= 0.6 is 0 Å². The van der Waals surface area contributed by atoms with Gasteiger partial charge in [0.2, 0.25) is 0 Å². The van der Waals surface area contributed by atoms with Gasteiger partial charge in [-0.25, -0.2) is 9.52 Å². The predicted octanol–water partition coefficient (Wildman–Crippen LogP) is 1.44. The Morgan fingerprint density at radius 2 is 1.89 bits per heavy atom. The van der Waals surface area contributed by atoms with E-state index in [4.69, 9.17) is 10.9 Å². The van der Waals surface area contributed by atoms with Gasteiger partial charge < -0.3 is 16.3 Å². The highest BCUT2D eigenvalue weighted by Gasteiger charge is 2.01. The van der Waals surface area contributed by atoms with Crippen LogP contribution in [0.4, 0.5) is 16.2 Å². The molecular formula is C12H12N4O2. The van der Waals surface area contributed by atoms with Crippen molar-refractivity contribution in [3.63, 3.8) is 0 Å². The number of nitrogens with two attached hydrogens (primary N) is 1. The highest BCUT2D eigenvalue weighted by atomic mass is 16.5. The van der Waals surface area contributed by atoms with E-state index in [1.807, 2.05) is 0 Å². The van der Waals surface area contributed by atoms with E-state index in [0.717, 1.165) is 4.73 Å². The zero-order valence-electron chi connectivity index (χ0n) is 9.45. The number of pyridine rings is 1. The van der Waals surface area contributed by atoms with E-state index in [9.17, 15) is 4.79 Å². The number of carbonyl (C=O) groups is 1. The lowest BCUT2D eigenvalue weighted by Gasteiger charge is -2.04. The van der Waals surface area contributed by atoms with E-state index in [0.29, 0.717) is 16.7 Å². The van der Waals surface area contributed by atoms with Crippen LogP contribution in [0.25, 0.3) is 0 Å². The molecular weight excluding hydrogens is 232 g/mol. The molecule has 0 saturated carbocycles. The summed E-state index contributed by atoms with van der Waals surface area (Å²) >= 11 is 0. The van der Waals surface area contributed by atoms with Crippen molar-refractivity contribution in [2.75, 3.05) is 11.1 Å². The van der Waals surface area contributed by atoms with Gasteiger partial charge in [0.25, 0.3) is 0 Å². The van der Waals surface area contributed by atoms with E-state index in [2.05, 4.69) is 10.3 Å². The first-order chi connectivity index (χ1) is 8.65. The smallest absolute Gasteiger partial charge is 0.345 e. The van der Waals surface area contributed by atoms with Gasteiger partial charge in [-0.05, 0) is 24.3 Å². The molecule has 4 N–H and O–H groups in total. The van der Waals surface area contributed by atoms with Crippen LogP contribution < -0.4 is 16.4 Å². The van der Waals surface area contributed by atoms with Crippen molar-refractivity contribution in [2.24, 2.45) is 4.99 Å². The Kier molecular flexibility index (Phi) is 3.29. The van der Waals surface area contributed by atoms with Crippen molar-refractivity contribution in [3.05, 3.63) is 54.1 Å². The molecule has 0 saturated heterocycles. The Morgan fingerprint density at radius 1 is 1.22 bits per heavy atom. The summed E-state index contributed by atoms with van der Waals surface area (Å²) in [6.07, 6.45) is 2.76. The number of nitrogens with one attached hydrogen (secondary N) is 1. The summed E-state index contributed by atoms with van der Waals surface area (Å²) in [7, 11) is 0. The highest BCUT2D eigenvalue weighted by Crippen LogP contribution is 2.16. The van der Waals surface area contributed by atoms with Crippen LogP contribution in [0.15, 0.2) is 53.8 Å². The molecule has 6 nitrogen and oxygen atoms in total. The molecule has 2 aromatic rings. The predicted molar refractivity (Wildman–Crippen MR) is 67.1 cm³/mol. The number of benzene rings is 1. The zero-order chi connectivity index (χ0) is 13.0. The molecule has 18 heavy (non-hydrogen) atoms. The number of aromatic nitrogens is 1. The Balaban J connectivity index is 2.17. The van der Waals surface area contributed by atoms with Gasteiger partial charge in [0.15, 0.2) is 0 Å². The van der Waals surface area contributed by atoms with Gasteiger partial charge in [0.1, 0.15) is 0 Å². The highest BCUT2D eigenvalue weighted by molar-refractivity contribution is 5.93. The number of amides is 2. The molecule has 2 amide bonds. The lowest BCUT2D eigenvalue weighted by molar-refractivity contribution is 0.184. The maximum absolute atomic E-state index is 11.6. The quantitative estimate of drug-likeness (QED) is 0.523. The second-order valence-corrected chi connectivity index (χ2v) is 3.57. The maximum Gasteiger partial charge on any atom is 0.345 e. The lowest BCUT2D eigenvalue weighted by atomic mass is 10.3. The third-order valence-corrected chi connectivity index (χ3v) is 2.23. The Labute approximate surface area is 103 Å². The SMILES string of the molecule is Nc1ccccc1NC(=O)N=c1ccn(O)cc1. The summed E-state index contributed by atoms with van der Waals surface area (Å²) in [4.78, 5) is 15.4. The van der Waals surface area contributed by atoms with E-state index < -0.39 is 6.03 Å². The van der Waals surface area contributed by atoms with Crippen LogP contribution in [0.3, 0.4) is 0 Å². The average Bonchev–Trinajstić information content (AvgIpc) is 2.35. The lowest BCUT2D eigenvalue weighted by Crippen LogP contribution is -2.13. The van der Waals surface area contributed by atoms with E-state index in [-0.39, 0.29) is 0 Å². The Morgan fingerprint density at radius 3 is 2.56 bits per heavy atom. The summed E-state index contributed by atoms with van der Waals surface area (Å²) in [6, 6.07) is 9.41. The first kappa shape index (κ1) is 11.7. The molecule has 6 heteroatoms. The molecule has 1 heterocycles. The van der Waals surface area contributed by atoms with Gasteiger partial charge in [-0.3, -0.25) is 0 Å². The maximum atomic E-state index is 11.6. The molecule has 1 aromatic heterocycles. The summed E-state index contributed by atoms with van der Waals surface area (Å²) in [5, 5.41) is 12.0. The molecule has 2 rings (SSSR count). The minimum absolute atomic E-state index is 0.437. The van der Waals surface area contributed by atoms with Crippen LogP contribution in [0, 0.1) is 0 Å².